The van der Waals surface area contributed by atoms with Gasteiger partial charge in [-0.05, 0) is 50.5 Å². The van der Waals surface area contributed by atoms with E-state index in [1.165, 1.54) is 0 Å². The number of benzene rings is 2. The number of hydrogen-bond acceptors (Lipinski definition) is 7. The highest BCUT2D eigenvalue weighted by atomic mass is 16.4. The van der Waals surface area contributed by atoms with Crippen LogP contribution in [0.3, 0.4) is 0 Å². The Kier molecular flexibility index (Phi) is 7.14. The summed E-state index contributed by atoms with van der Waals surface area (Å²) in [4.78, 5) is 38.2. The van der Waals surface area contributed by atoms with Gasteiger partial charge >= 0.3 is 5.97 Å². The van der Waals surface area contributed by atoms with Gasteiger partial charge in [0.05, 0.1) is 22.6 Å². The van der Waals surface area contributed by atoms with Gasteiger partial charge in [-0.25, -0.2) is 14.8 Å². The number of fused-ring (bicyclic) bond motifs is 1. The number of aryl methyl sites for hydroxylation is 1. The third-order valence-corrected chi connectivity index (χ3v) is 7.62. The lowest BCUT2D eigenvalue weighted by atomic mass is 10.0. The van der Waals surface area contributed by atoms with Gasteiger partial charge in [-0.1, -0.05) is 31.0 Å². The summed E-state index contributed by atoms with van der Waals surface area (Å²) in [6.07, 6.45) is 4.23. The Labute approximate surface area is 222 Å². The van der Waals surface area contributed by atoms with Crippen LogP contribution in [-0.2, 0) is 4.79 Å². The molecule has 1 aliphatic carbocycles. The number of carbonyl (C=O) groups is 2. The van der Waals surface area contributed by atoms with Gasteiger partial charge in [-0.2, -0.15) is 5.26 Å². The molecular formula is C29H32N6O3. The van der Waals surface area contributed by atoms with Crippen molar-refractivity contribution < 1.29 is 14.7 Å². The van der Waals surface area contributed by atoms with Gasteiger partial charge < -0.3 is 20.2 Å². The van der Waals surface area contributed by atoms with E-state index in [2.05, 4.69) is 16.4 Å². The Morgan fingerprint density at radius 2 is 1.82 bits per heavy atom. The van der Waals surface area contributed by atoms with Crippen LogP contribution < -0.4 is 10.2 Å². The van der Waals surface area contributed by atoms with Crippen LogP contribution in [0.5, 0.6) is 0 Å². The number of nitriles is 1. The average Bonchev–Trinajstić information content (AvgIpc) is 3.47. The van der Waals surface area contributed by atoms with Crippen molar-refractivity contribution in [2.75, 3.05) is 36.4 Å². The standard InChI is InChI=1S/C29H32N6O3/c1-18-15-22(19(2)31-23-10-6-5-9-21(23)29(37)38)26-24(16-18)32-25(17-30)27(33-26)34-11-13-35(14-12-34)28(36)20-7-3-4-8-20/h5-6,9-10,15-16,19-20,31H,3-4,7-8,11-14H2,1-2H3,(H,37,38)/t19-/m1/s1. The third-order valence-electron chi connectivity index (χ3n) is 7.62. The molecule has 0 radical (unpaired) electrons. The normalized spacial score (nSPS) is 16.9. The Bertz CT molecular complexity index is 1420. The molecule has 38 heavy (non-hydrogen) atoms. The predicted molar refractivity (Wildman–Crippen MR) is 145 cm³/mol. The van der Waals surface area contributed by atoms with Crippen molar-refractivity contribution in [3.8, 4) is 6.07 Å². The lowest BCUT2D eigenvalue weighted by Crippen LogP contribution is -2.50. The highest BCUT2D eigenvalue weighted by Crippen LogP contribution is 2.31. The fourth-order valence-corrected chi connectivity index (χ4v) is 5.63. The summed E-state index contributed by atoms with van der Waals surface area (Å²) in [5, 5.41) is 22.8. The molecule has 2 N–H and O–H groups in total. The van der Waals surface area contributed by atoms with Crippen LogP contribution in [0.25, 0.3) is 11.0 Å². The number of nitrogens with one attached hydrogen (secondary N) is 1. The zero-order chi connectivity index (χ0) is 26.8. The number of hydrogen-bond donors (Lipinski definition) is 2. The highest BCUT2D eigenvalue weighted by molar-refractivity contribution is 5.94. The second-order valence-corrected chi connectivity index (χ2v) is 10.2. The van der Waals surface area contributed by atoms with E-state index in [-0.39, 0.29) is 29.1 Å². The van der Waals surface area contributed by atoms with Crippen molar-refractivity contribution in [1.82, 2.24) is 14.9 Å². The molecule has 2 aliphatic rings. The fourth-order valence-electron chi connectivity index (χ4n) is 5.63. The van der Waals surface area contributed by atoms with Crippen LogP contribution >= 0.6 is 0 Å². The number of rotatable bonds is 6. The van der Waals surface area contributed by atoms with Crippen molar-refractivity contribution >= 4 is 34.4 Å². The van der Waals surface area contributed by atoms with E-state index in [9.17, 15) is 20.0 Å². The van der Waals surface area contributed by atoms with E-state index in [1.807, 2.05) is 35.8 Å². The van der Waals surface area contributed by atoms with E-state index in [0.29, 0.717) is 48.7 Å². The molecule has 9 heteroatoms. The maximum Gasteiger partial charge on any atom is 0.337 e. The van der Waals surface area contributed by atoms with E-state index < -0.39 is 5.97 Å². The number of carboxylic acids is 1. The number of carboxylic acid groups (broad SMARTS) is 1. The van der Waals surface area contributed by atoms with E-state index in [4.69, 9.17) is 4.98 Å². The van der Waals surface area contributed by atoms with Gasteiger partial charge in [0.2, 0.25) is 5.91 Å². The summed E-state index contributed by atoms with van der Waals surface area (Å²) in [5.41, 5.74) is 4.11. The minimum atomic E-state index is -0.999. The number of nitrogens with zero attached hydrogens (tertiary/aromatic N) is 5. The second-order valence-electron chi connectivity index (χ2n) is 10.2. The Morgan fingerprint density at radius 1 is 1.11 bits per heavy atom. The Morgan fingerprint density at radius 3 is 2.50 bits per heavy atom. The zero-order valence-corrected chi connectivity index (χ0v) is 21.8. The molecule has 0 unspecified atom stereocenters. The van der Waals surface area contributed by atoms with Crippen LogP contribution in [0.2, 0.25) is 0 Å². The minimum absolute atomic E-state index is 0.155. The van der Waals surface area contributed by atoms with Crippen molar-refractivity contribution in [2.24, 2.45) is 5.92 Å². The molecule has 0 spiro atoms. The predicted octanol–water partition coefficient (Wildman–Crippen LogP) is 4.52. The summed E-state index contributed by atoms with van der Waals surface area (Å²) >= 11 is 0. The smallest absolute Gasteiger partial charge is 0.337 e. The van der Waals surface area contributed by atoms with Gasteiger partial charge in [0.1, 0.15) is 6.07 Å². The number of aromatic nitrogens is 2. The van der Waals surface area contributed by atoms with Crippen LogP contribution in [0, 0.1) is 24.2 Å². The lowest BCUT2D eigenvalue weighted by molar-refractivity contribution is -0.135. The maximum atomic E-state index is 12.9. The van der Waals surface area contributed by atoms with E-state index in [1.54, 1.807) is 24.3 Å². The average molecular weight is 513 g/mol. The molecule has 0 bridgehead atoms. The topological polar surface area (TPSA) is 122 Å². The van der Waals surface area contributed by atoms with Gasteiger partial charge in [0.15, 0.2) is 11.5 Å². The summed E-state index contributed by atoms with van der Waals surface area (Å²) < 4.78 is 0. The molecule has 1 atom stereocenters. The first kappa shape index (κ1) is 25.5. The molecule has 196 valence electrons. The molecule has 5 rings (SSSR count). The van der Waals surface area contributed by atoms with Gasteiger partial charge in [-0.15, -0.1) is 0 Å². The summed E-state index contributed by atoms with van der Waals surface area (Å²) in [5.74, 6) is -0.0637. The first-order chi connectivity index (χ1) is 18.4. The molecular weight excluding hydrogens is 480 g/mol. The van der Waals surface area contributed by atoms with Crippen LogP contribution in [-0.4, -0.2) is 58.0 Å². The quantitative estimate of drug-likeness (QED) is 0.494. The van der Waals surface area contributed by atoms with Crippen molar-refractivity contribution in [3.05, 3.63) is 58.8 Å². The first-order valence-electron chi connectivity index (χ1n) is 13.2. The number of anilines is 2. The van der Waals surface area contributed by atoms with E-state index in [0.717, 1.165) is 36.8 Å². The van der Waals surface area contributed by atoms with Crippen molar-refractivity contribution in [1.29, 1.82) is 5.26 Å². The monoisotopic (exact) mass is 512 g/mol. The van der Waals surface area contributed by atoms with Crippen LogP contribution in [0.1, 0.15) is 65.8 Å². The second kappa shape index (κ2) is 10.7. The molecule has 3 aromatic rings. The number of piperazine rings is 1. The first-order valence-corrected chi connectivity index (χ1v) is 13.2. The summed E-state index contributed by atoms with van der Waals surface area (Å²) in [6, 6.07) is 12.7. The molecule has 1 saturated carbocycles. The summed E-state index contributed by atoms with van der Waals surface area (Å²) in [6.45, 7) is 6.31. The number of para-hydroxylation sites is 1. The fraction of sp³-hybridized carbons (Fsp3) is 0.414. The van der Waals surface area contributed by atoms with Gasteiger partial charge in [0, 0.05) is 43.3 Å². The van der Waals surface area contributed by atoms with Gasteiger partial charge in [-0.3, -0.25) is 4.79 Å². The van der Waals surface area contributed by atoms with Crippen LogP contribution in [0.15, 0.2) is 36.4 Å². The molecule has 1 aromatic heterocycles. The molecule has 1 saturated heterocycles. The van der Waals surface area contributed by atoms with E-state index >= 15 is 0 Å². The highest BCUT2D eigenvalue weighted by Gasteiger charge is 2.30. The zero-order valence-electron chi connectivity index (χ0n) is 21.8. The van der Waals surface area contributed by atoms with Crippen LogP contribution in [0.4, 0.5) is 11.5 Å². The molecule has 2 heterocycles. The molecule has 9 nitrogen and oxygen atoms in total. The maximum absolute atomic E-state index is 12.9. The Hall–Kier alpha value is -4.19. The molecule has 1 aliphatic heterocycles. The number of carbonyl (C=O) groups excluding carboxylic acids is 1. The molecule has 2 aromatic carbocycles. The summed E-state index contributed by atoms with van der Waals surface area (Å²) in [7, 11) is 0. The van der Waals surface area contributed by atoms with Gasteiger partial charge in [0.25, 0.3) is 0 Å². The van der Waals surface area contributed by atoms with Crippen molar-refractivity contribution in [2.45, 2.75) is 45.6 Å². The molecule has 1 amide bonds. The third kappa shape index (κ3) is 4.99. The van der Waals surface area contributed by atoms with Crippen molar-refractivity contribution in [3.63, 3.8) is 0 Å². The lowest BCUT2D eigenvalue weighted by Gasteiger charge is -2.36. The minimum Gasteiger partial charge on any atom is -0.478 e. The largest absolute Gasteiger partial charge is 0.478 e. The molecule has 2 fully saturated rings. The SMILES string of the molecule is Cc1cc([C@@H](C)Nc2ccccc2C(=O)O)c2nc(N3CCN(C(=O)C4CCCC4)CC3)c(C#N)nc2c1. The Balaban J connectivity index is 1.44. The number of aromatic carboxylic acids is 1. The number of amides is 1.